The highest BCUT2D eigenvalue weighted by Gasteiger charge is 2.27. The SMILES string of the molecule is C=CCN1CCOc2cc(F)cc(F)c2-c2c(Cl)nc(C#N)nc21. The first kappa shape index (κ1) is 16.1. The van der Waals surface area contributed by atoms with Gasteiger partial charge in [0.2, 0.25) is 5.82 Å². The van der Waals surface area contributed by atoms with Gasteiger partial charge < -0.3 is 9.64 Å². The van der Waals surface area contributed by atoms with E-state index >= 15 is 0 Å². The predicted octanol–water partition coefficient (Wildman–Crippen LogP) is 3.33. The van der Waals surface area contributed by atoms with Crippen molar-refractivity contribution in [3.05, 3.63) is 47.4 Å². The Morgan fingerprint density at radius 1 is 1.38 bits per heavy atom. The van der Waals surface area contributed by atoms with Crippen LogP contribution < -0.4 is 9.64 Å². The maximum atomic E-state index is 14.5. The molecule has 0 saturated carbocycles. The van der Waals surface area contributed by atoms with E-state index in [1.165, 1.54) is 0 Å². The van der Waals surface area contributed by atoms with Gasteiger partial charge in [-0.05, 0) is 0 Å². The molecule has 2 heterocycles. The Bertz CT molecular complexity index is 866. The summed E-state index contributed by atoms with van der Waals surface area (Å²) in [6, 6.07) is 3.64. The van der Waals surface area contributed by atoms with Crippen molar-refractivity contribution in [1.82, 2.24) is 9.97 Å². The van der Waals surface area contributed by atoms with Gasteiger partial charge in [0.05, 0.1) is 17.7 Å². The van der Waals surface area contributed by atoms with Gasteiger partial charge in [0.1, 0.15) is 41.0 Å². The Morgan fingerprint density at radius 3 is 2.88 bits per heavy atom. The van der Waals surface area contributed by atoms with Gasteiger partial charge in [-0.3, -0.25) is 0 Å². The number of hydrogen-bond acceptors (Lipinski definition) is 5. The molecule has 0 fully saturated rings. The van der Waals surface area contributed by atoms with Crippen LogP contribution in [0.4, 0.5) is 14.6 Å². The molecule has 0 saturated heterocycles. The quantitative estimate of drug-likeness (QED) is 0.615. The van der Waals surface area contributed by atoms with Gasteiger partial charge in [-0.15, -0.1) is 6.58 Å². The highest BCUT2D eigenvalue weighted by Crippen LogP contribution is 2.43. The molecule has 0 aliphatic carbocycles. The first-order chi connectivity index (χ1) is 11.5. The molecule has 1 aromatic carbocycles. The van der Waals surface area contributed by atoms with Crippen LogP contribution in [0.15, 0.2) is 24.8 Å². The second-order valence-corrected chi connectivity index (χ2v) is 5.35. The highest BCUT2D eigenvalue weighted by atomic mass is 35.5. The minimum atomic E-state index is -0.845. The molecule has 0 N–H and O–H groups in total. The molecule has 0 amide bonds. The Labute approximate surface area is 141 Å². The van der Waals surface area contributed by atoms with E-state index in [9.17, 15) is 8.78 Å². The van der Waals surface area contributed by atoms with Crippen LogP contribution in [-0.2, 0) is 0 Å². The van der Waals surface area contributed by atoms with E-state index in [1.54, 1.807) is 11.0 Å². The van der Waals surface area contributed by atoms with Crippen LogP contribution in [0.1, 0.15) is 5.82 Å². The van der Waals surface area contributed by atoms with E-state index in [4.69, 9.17) is 21.6 Å². The molecule has 0 spiro atoms. The van der Waals surface area contributed by atoms with Crippen LogP contribution in [0.2, 0.25) is 5.15 Å². The van der Waals surface area contributed by atoms with Crippen molar-refractivity contribution in [3.8, 4) is 22.9 Å². The van der Waals surface area contributed by atoms with Crippen molar-refractivity contribution in [2.24, 2.45) is 0 Å². The fourth-order valence-corrected chi connectivity index (χ4v) is 2.79. The van der Waals surface area contributed by atoms with E-state index in [2.05, 4.69) is 16.5 Å². The lowest BCUT2D eigenvalue weighted by Crippen LogP contribution is -2.31. The number of nitriles is 1. The Hall–Kier alpha value is -2.72. The van der Waals surface area contributed by atoms with Crippen LogP contribution in [0.25, 0.3) is 11.1 Å². The summed E-state index contributed by atoms with van der Waals surface area (Å²) in [5.41, 5.74) is 0.124. The Morgan fingerprint density at radius 2 is 2.17 bits per heavy atom. The monoisotopic (exact) mass is 348 g/mol. The summed E-state index contributed by atoms with van der Waals surface area (Å²) in [5, 5.41) is 8.96. The molecule has 0 radical (unpaired) electrons. The van der Waals surface area contributed by atoms with Gasteiger partial charge in [-0.2, -0.15) is 5.26 Å². The standard InChI is InChI=1S/C16H11ClF2N4O/c1-2-3-23-4-5-24-11-7-9(18)6-10(19)13(11)14-15(17)21-12(8-20)22-16(14)23/h2,6-7H,1,3-5H2. The van der Waals surface area contributed by atoms with Gasteiger partial charge in [0, 0.05) is 18.7 Å². The van der Waals surface area contributed by atoms with Crippen molar-refractivity contribution in [2.45, 2.75) is 0 Å². The number of rotatable bonds is 2. The lowest BCUT2D eigenvalue weighted by atomic mass is 10.0. The summed E-state index contributed by atoms with van der Waals surface area (Å²) in [5.74, 6) is -1.45. The summed E-state index contributed by atoms with van der Waals surface area (Å²) in [4.78, 5) is 9.76. The molecule has 5 nitrogen and oxygen atoms in total. The topological polar surface area (TPSA) is 62.0 Å². The third-order valence-corrected chi connectivity index (χ3v) is 3.76. The summed E-state index contributed by atoms with van der Waals surface area (Å²) >= 11 is 6.19. The smallest absolute Gasteiger partial charge is 0.235 e. The summed E-state index contributed by atoms with van der Waals surface area (Å²) in [6.45, 7) is 4.60. The van der Waals surface area contributed by atoms with Gasteiger partial charge in [0.15, 0.2) is 0 Å². The van der Waals surface area contributed by atoms with Crippen LogP contribution in [0.3, 0.4) is 0 Å². The molecule has 0 atom stereocenters. The highest BCUT2D eigenvalue weighted by molar-refractivity contribution is 6.33. The van der Waals surface area contributed by atoms with E-state index in [0.717, 1.165) is 12.1 Å². The molecule has 2 aromatic rings. The molecule has 1 aliphatic heterocycles. The van der Waals surface area contributed by atoms with Crippen molar-refractivity contribution < 1.29 is 13.5 Å². The predicted molar refractivity (Wildman–Crippen MR) is 85.0 cm³/mol. The lowest BCUT2D eigenvalue weighted by molar-refractivity contribution is 0.320. The molecule has 8 heteroatoms. The number of halogens is 3. The average Bonchev–Trinajstić information content (AvgIpc) is 2.52. The first-order valence-corrected chi connectivity index (χ1v) is 7.38. The molecule has 24 heavy (non-hydrogen) atoms. The van der Waals surface area contributed by atoms with E-state index in [0.29, 0.717) is 13.1 Å². The number of fused-ring (bicyclic) bond motifs is 3. The van der Waals surface area contributed by atoms with E-state index < -0.39 is 11.6 Å². The number of benzene rings is 1. The molecule has 3 rings (SSSR count). The van der Waals surface area contributed by atoms with Crippen molar-refractivity contribution in [3.63, 3.8) is 0 Å². The lowest BCUT2D eigenvalue weighted by Gasteiger charge is -2.28. The third kappa shape index (κ3) is 2.76. The molecule has 1 aromatic heterocycles. The van der Waals surface area contributed by atoms with E-state index in [-0.39, 0.29) is 40.3 Å². The number of ether oxygens (including phenoxy) is 1. The Kier molecular flexibility index (Phi) is 4.32. The van der Waals surface area contributed by atoms with E-state index in [1.807, 2.05) is 6.07 Å². The van der Waals surface area contributed by atoms with Crippen LogP contribution in [-0.4, -0.2) is 29.7 Å². The van der Waals surface area contributed by atoms with Crippen LogP contribution >= 0.6 is 11.6 Å². The number of hydrogen-bond donors (Lipinski definition) is 0. The van der Waals surface area contributed by atoms with Crippen LogP contribution in [0, 0.1) is 23.0 Å². The molecule has 122 valence electrons. The first-order valence-electron chi connectivity index (χ1n) is 7.01. The van der Waals surface area contributed by atoms with Gasteiger partial charge >= 0.3 is 0 Å². The fraction of sp³-hybridized carbons (Fsp3) is 0.188. The minimum absolute atomic E-state index is 0.0159. The largest absolute Gasteiger partial charge is 0.491 e. The van der Waals surface area contributed by atoms with Crippen molar-refractivity contribution in [1.29, 1.82) is 5.26 Å². The average molecular weight is 349 g/mol. The van der Waals surface area contributed by atoms with Gasteiger partial charge in [-0.25, -0.2) is 18.7 Å². The molecular weight excluding hydrogens is 338 g/mol. The maximum Gasteiger partial charge on any atom is 0.235 e. The Balaban J connectivity index is 2.36. The normalized spacial score (nSPS) is 13.0. The van der Waals surface area contributed by atoms with Gasteiger partial charge in [0.25, 0.3) is 0 Å². The second-order valence-electron chi connectivity index (χ2n) is 4.99. The molecular formula is C16H11ClF2N4O. The summed E-state index contributed by atoms with van der Waals surface area (Å²) in [6.07, 6.45) is 1.63. The second kappa shape index (κ2) is 6.42. The molecule has 0 bridgehead atoms. The summed E-state index contributed by atoms with van der Waals surface area (Å²) in [7, 11) is 0. The van der Waals surface area contributed by atoms with Crippen molar-refractivity contribution in [2.75, 3.05) is 24.6 Å². The third-order valence-electron chi connectivity index (χ3n) is 3.48. The minimum Gasteiger partial charge on any atom is -0.491 e. The molecule has 0 unspecified atom stereocenters. The zero-order chi connectivity index (χ0) is 17.3. The zero-order valence-corrected chi connectivity index (χ0v) is 13.1. The van der Waals surface area contributed by atoms with Gasteiger partial charge in [-0.1, -0.05) is 17.7 Å². The summed E-state index contributed by atoms with van der Waals surface area (Å²) < 4.78 is 33.5. The number of aromatic nitrogens is 2. The number of anilines is 1. The van der Waals surface area contributed by atoms with Crippen molar-refractivity contribution >= 4 is 17.4 Å². The number of nitrogens with zero attached hydrogens (tertiary/aromatic N) is 4. The fourth-order valence-electron chi connectivity index (χ4n) is 2.53. The zero-order valence-electron chi connectivity index (χ0n) is 12.4. The van der Waals surface area contributed by atoms with Crippen LogP contribution in [0.5, 0.6) is 5.75 Å². The maximum absolute atomic E-state index is 14.5. The molecule has 1 aliphatic rings.